The third-order valence-electron chi connectivity index (χ3n) is 11.6. The minimum absolute atomic E-state index is 0.0885. The summed E-state index contributed by atoms with van der Waals surface area (Å²) >= 11 is 0. The largest absolute Gasteiger partial charge is 0.462 e. The van der Waals surface area contributed by atoms with Crippen LogP contribution in [-0.4, -0.2) is 37.2 Å². The van der Waals surface area contributed by atoms with Crippen molar-refractivity contribution in [3.63, 3.8) is 0 Å². The van der Waals surface area contributed by atoms with Crippen LogP contribution in [0.4, 0.5) is 0 Å². The van der Waals surface area contributed by atoms with Crippen molar-refractivity contribution in [3.05, 3.63) is 48.6 Å². The molecule has 0 bridgehead atoms. The average molecular weight is 869 g/mol. The van der Waals surface area contributed by atoms with Crippen LogP contribution in [0.25, 0.3) is 0 Å². The molecular weight excluding hydrogens is 769 g/mol. The van der Waals surface area contributed by atoms with Gasteiger partial charge in [0.05, 0.1) is 0 Å². The quantitative estimate of drug-likeness (QED) is 0.0262. The molecule has 0 radical (unpaired) electrons. The van der Waals surface area contributed by atoms with Crippen LogP contribution in [0, 0.1) is 0 Å². The molecular formula is C56H100O6. The molecule has 0 saturated heterocycles. The van der Waals surface area contributed by atoms with Gasteiger partial charge in [0.25, 0.3) is 0 Å². The molecule has 0 amide bonds. The molecule has 0 saturated carbocycles. The molecule has 0 fully saturated rings. The van der Waals surface area contributed by atoms with Gasteiger partial charge in [-0.15, -0.1) is 0 Å². The van der Waals surface area contributed by atoms with Gasteiger partial charge in [-0.2, -0.15) is 0 Å². The highest BCUT2D eigenvalue weighted by Gasteiger charge is 2.19. The van der Waals surface area contributed by atoms with Crippen LogP contribution in [0.3, 0.4) is 0 Å². The monoisotopic (exact) mass is 869 g/mol. The number of ether oxygens (including phenoxy) is 3. The van der Waals surface area contributed by atoms with E-state index in [0.29, 0.717) is 19.3 Å². The SMILES string of the molecule is CCCCC/C=C\C/C=C\C/C=C\CCCCC(=O)O[C@H](COC(=O)CCCCCCC/C=C\CCCCCC)COC(=O)CCCCCCCCCCCCCCCCCC. The highest BCUT2D eigenvalue weighted by Crippen LogP contribution is 2.15. The van der Waals surface area contributed by atoms with Crippen molar-refractivity contribution in [1.82, 2.24) is 0 Å². The van der Waals surface area contributed by atoms with Crippen molar-refractivity contribution < 1.29 is 28.6 Å². The molecule has 0 aromatic heterocycles. The number of esters is 3. The summed E-state index contributed by atoms with van der Waals surface area (Å²) < 4.78 is 16.8. The fourth-order valence-electron chi connectivity index (χ4n) is 7.50. The van der Waals surface area contributed by atoms with Gasteiger partial charge >= 0.3 is 17.9 Å². The summed E-state index contributed by atoms with van der Waals surface area (Å²) in [7, 11) is 0. The molecule has 0 spiro atoms. The van der Waals surface area contributed by atoms with Crippen LogP contribution >= 0.6 is 0 Å². The van der Waals surface area contributed by atoms with E-state index in [2.05, 4.69) is 69.4 Å². The highest BCUT2D eigenvalue weighted by atomic mass is 16.6. The molecule has 0 aliphatic carbocycles. The fraction of sp³-hybridized carbons (Fsp3) is 0.804. The Kier molecular flexibility index (Phi) is 48.8. The second-order valence-electron chi connectivity index (χ2n) is 17.8. The van der Waals surface area contributed by atoms with E-state index >= 15 is 0 Å². The summed E-state index contributed by atoms with van der Waals surface area (Å²) in [4.78, 5) is 38.0. The Balaban J connectivity index is 4.42. The van der Waals surface area contributed by atoms with Gasteiger partial charge in [0.2, 0.25) is 0 Å². The molecule has 0 aromatic rings. The minimum atomic E-state index is -0.793. The number of carbonyl (C=O) groups excluding carboxylic acids is 3. The maximum absolute atomic E-state index is 12.8. The Labute approximate surface area is 384 Å². The fourth-order valence-corrected chi connectivity index (χ4v) is 7.50. The molecule has 0 aliphatic rings. The first-order valence-corrected chi connectivity index (χ1v) is 26.6. The lowest BCUT2D eigenvalue weighted by Crippen LogP contribution is -2.30. The number of unbranched alkanes of at least 4 members (excludes halogenated alkanes) is 29. The third-order valence-corrected chi connectivity index (χ3v) is 11.6. The van der Waals surface area contributed by atoms with Gasteiger partial charge in [-0.05, 0) is 83.5 Å². The van der Waals surface area contributed by atoms with Crippen molar-refractivity contribution in [2.75, 3.05) is 13.2 Å². The summed E-state index contributed by atoms with van der Waals surface area (Å²) in [5.41, 5.74) is 0. The summed E-state index contributed by atoms with van der Waals surface area (Å²) in [6.07, 6.45) is 60.9. The summed E-state index contributed by atoms with van der Waals surface area (Å²) in [5.74, 6) is -0.927. The normalized spacial score (nSPS) is 12.4. The Morgan fingerprint density at radius 3 is 1.00 bits per heavy atom. The van der Waals surface area contributed by atoms with Gasteiger partial charge in [0.15, 0.2) is 6.10 Å². The smallest absolute Gasteiger partial charge is 0.306 e. The number of hydrogen-bond donors (Lipinski definition) is 0. The predicted molar refractivity (Wildman–Crippen MR) is 265 cm³/mol. The van der Waals surface area contributed by atoms with Crippen LogP contribution in [-0.2, 0) is 28.6 Å². The Hall–Kier alpha value is -2.63. The van der Waals surface area contributed by atoms with Gasteiger partial charge in [-0.3, -0.25) is 14.4 Å². The molecule has 1 atom stereocenters. The van der Waals surface area contributed by atoms with Crippen LogP contribution < -0.4 is 0 Å². The van der Waals surface area contributed by atoms with E-state index < -0.39 is 6.10 Å². The number of allylic oxidation sites excluding steroid dienone is 8. The predicted octanol–water partition coefficient (Wildman–Crippen LogP) is 17.5. The second-order valence-corrected chi connectivity index (χ2v) is 17.8. The molecule has 360 valence electrons. The summed E-state index contributed by atoms with van der Waals surface area (Å²) in [6, 6.07) is 0. The van der Waals surface area contributed by atoms with Gasteiger partial charge in [-0.25, -0.2) is 0 Å². The maximum atomic E-state index is 12.8. The van der Waals surface area contributed by atoms with Crippen LogP contribution in [0.15, 0.2) is 48.6 Å². The maximum Gasteiger partial charge on any atom is 0.306 e. The average Bonchev–Trinajstić information content (AvgIpc) is 3.27. The topological polar surface area (TPSA) is 78.9 Å². The van der Waals surface area contributed by atoms with Crippen molar-refractivity contribution in [2.24, 2.45) is 0 Å². The summed E-state index contributed by atoms with van der Waals surface area (Å²) in [6.45, 7) is 6.57. The number of carbonyl (C=O) groups is 3. The molecule has 0 rings (SSSR count). The molecule has 0 aromatic carbocycles. The lowest BCUT2D eigenvalue weighted by atomic mass is 10.0. The van der Waals surface area contributed by atoms with Gasteiger partial charge in [0, 0.05) is 19.3 Å². The number of hydrogen-bond acceptors (Lipinski definition) is 6. The Bertz CT molecular complexity index is 1090. The first-order valence-electron chi connectivity index (χ1n) is 26.6. The van der Waals surface area contributed by atoms with Gasteiger partial charge in [-0.1, -0.05) is 217 Å². The molecule has 6 nitrogen and oxygen atoms in total. The first-order chi connectivity index (χ1) is 30.5. The third kappa shape index (κ3) is 48.4. The van der Waals surface area contributed by atoms with E-state index in [4.69, 9.17) is 14.2 Å². The van der Waals surface area contributed by atoms with Crippen LogP contribution in [0.5, 0.6) is 0 Å². The molecule has 0 unspecified atom stereocenters. The highest BCUT2D eigenvalue weighted by molar-refractivity contribution is 5.71. The van der Waals surface area contributed by atoms with Gasteiger partial charge in [0.1, 0.15) is 13.2 Å². The molecule has 62 heavy (non-hydrogen) atoms. The van der Waals surface area contributed by atoms with E-state index in [9.17, 15) is 14.4 Å². The first kappa shape index (κ1) is 59.4. The molecule has 0 heterocycles. The minimum Gasteiger partial charge on any atom is -0.462 e. The van der Waals surface area contributed by atoms with Crippen molar-refractivity contribution in [1.29, 1.82) is 0 Å². The van der Waals surface area contributed by atoms with Crippen LogP contribution in [0.1, 0.15) is 271 Å². The van der Waals surface area contributed by atoms with E-state index in [1.54, 1.807) is 0 Å². The van der Waals surface area contributed by atoms with E-state index in [0.717, 1.165) is 70.6 Å². The van der Waals surface area contributed by atoms with Crippen molar-refractivity contribution in [3.8, 4) is 0 Å². The lowest BCUT2D eigenvalue weighted by molar-refractivity contribution is -0.167. The molecule has 0 aliphatic heterocycles. The number of rotatable bonds is 48. The van der Waals surface area contributed by atoms with Gasteiger partial charge < -0.3 is 14.2 Å². The lowest BCUT2D eigenvalue weighted by Gasteiger charge is -2.18. The molecule has 0 N–H and O–H groups in total. The second kappa shape index (κ2) is 51.0. The van der Waals surface area contributed by atoms with Crippen molar-refractivity contribution in [2.45, 2.75) is 277 Å². The Morgan fingerprint density at radius 2 is 0.581 bits per heavy atom. The van der Waals surface area contributed by atoms with Crippen molar-refractivity contribution >= 4 is 17.9 Å². The zero-order valence-corrected chi connectivity index (χ0v) is 41.1. The zero-order chi connectivity index (χ0) is 45.1. The summed E-state index contributed by atoms with van der Waals surface area (Å²) in [5, 5.41) is 0. The molecule has 6 heteroatoms. The van der Waals surface area contributed by atoms with E-state index in [1.165, 1.54) is 154 Å². The van der Waals surface area contributed by atoms with E-state index in [1.807, 2.05) is 0 Å². The van der Waals surface area contributed by atoms with E-state index in [-0.39, 0.29) is 37.5 Å². The Morgan fingerprint density at radius 1 is 0.323 bits per heavy atom. The zero-order valence-electron chi connectivity index (χ0n) is 41.1. The van der Waals surface area contributed by atoms with Crippen LogP contribution in [0.2, 0.25) is 0 Å². The standard InChI is InChI=1S/C56H100O6/c1-4-7-10-13-16-19-22-25-27-29-31-34-37-40-43-46-49-55(58)61-52-53(51-60-54(57)48-45-42-39-36-33-30-24-21-18-15-12-9-6-3)62-56(59)50-47-44-41-38-35-32-28-26-23-20-17-14-11-8-5-2/h17,20-21,24,26,28,35,38,53H,4-16,18-19,22-23,25,27,29-34,36-37,39-52H2,1-3H3/b20-17-,24-21-,28-26-,38-35-/t53-/m1/s1.